The van der Waals surface area contributed by atoms with Gasteiger partial charge in [0.05, 0.1) is 9.40 Å². The molecule has 110 valence electrons. The summed E-state index contributed by atoms with van der Waals surface area (Å²) in [6.07, 6.45) is 0. The van der Waals surface area contributed by atoms with E-state index in [0.29, 0.717) is 17.1 Å². The molecule has 0 atom stereocenters. The van der Waals surface area contributed by atoms with E-state index in [1.165, 1.54) is 12.1 Å². The predicted octanol–water partition coefficient (Wildman–Crippen LogP) is 2.43. The van der Waals surface area contributed by atoms with E-state index >= 15 is 0 Å². The molecule has 6 nitrogen and oxygen atoms in total. The number of carbonyl (C=O) groups excluding carboxylic acids is 1. The molecule has 7 heteroatoms. The number of hydrogen-bond donors (Lipinski definition) is 1. The Bertz CT molecular complexity index is 506. The lowest BCUT2D eigenvalue weighted by atomic mass is 10.2. The van der Waals surface area contributed by atoms with Gasteiger partial charge in [-0.1, -0.05) is 0 Å². The summed E-state index contributed by atoms with van der Waals surface area (Å²) in [5.74, 6) is -0.308. The highest BCUT2D eigenvalue weighted by Gasteiger charge is 2.15. The Morgan fingerprint density at radius 2 is 2.15 bits per heavy atom. The zero-order valence-electron chi connectivity index (χ0n) is 11.7. The fourth-order valence-corrected chi connectivity index (χ4v) is 1.89. The maximum Gasteiger partial charge on any atom is 0.284 e. The number of rotatable bonds is 6. The number of nitro groups is 1. The van der Waals surface area contributed by atoms with Gasteiger partial charge < -0.3 is 10.2 Å². The van der Waals surface area contributed by atoms with Crippen LogP contribution < -0.4 is 5.32 Å². The third-order valence-electron chi connectivity index (χ3n) is 3.04. The first-order valence-electron chi connectivity index (χ1n) is 6.25. The van der Waals surface area contributed by atoms with E-state index in [4.69, 9.17) is 0 Å². The SMILES string of the molecule is CC(C)N(C)CCNC(=O)c1ccc(Br)c([N+](=O)[O-])c1. The Kier molecular flexibility index (Phi) is 6.09. The molecule has 20 heavy (non-hydrogen) atoms. The standard InChI is InChI=1S/C13H18BrN3O3/c1-9(2)16(3)7-6-15-13(18)10-4-5-11(14)12(8-10)17(19)20/h4-5,8-9H,6-7H2,1-3H3,(H,15,18). The summed E-state index contributed by atoms with van der Waals surface area (Å²) < 4.78 is 0.360. The number of hydrogen-bond acceptors (Lipinski definition) is 4. The van der Waals surface area contributed by atoms with Gasteiger partial charge in [0.2, 0.25) is 0 Å². The van der Waals surface area contributed by atoms with E-state index in [9.17, 15) is 14.9 Å². The fourth-order valence-electron chi connectivity index (χ4n) is 1.50. The number of nitro benzene ring substituents is 1. The van der Waals surface area contributed by atoms with Gasteiger partial charge >= 0.3 is 0 Å². The van der Waals surface area contributed by atoms with Crippen LogP contribution in [0, 0.1) is 10.1 Å². The van der Waals surface area contributed by atoms with Crippen LogP contribution in [0.25, 0.3) is 0 Å². The highest BCUT2D eigenvalue weighted by Crippen LogP contribution is 2.25. The minimum atomic E-state index is -0.520. The maximum absolute atomic E-state index is 11.9. The van der Waals surface area contributed by atoms with Crippen molar-refractivity contribution in [2.75, 3.05) is 20.1 Å². The van der Waals surface area contributed by atoms with E-state index in [2.05, 4.69) is 40.0 Å². The molecule has 1 rings (SSSR count). The first-order valence-corrected chi connectivity index (χ1v) is 7.04. The Morgan fingerprint density at radius 3 is 2.70 bits per heavy atom. The minimum Gasteiger partial charge on any atom is -0.351 e. The molecule has 0 radical (unpaired) electrons. The summed E-state index contributed by atoms with van der Waals surface area (Å²) in [6.45, 7) is 5.36. The molecule has 1 N–H and O–H groups in total. The lowest BCUT2D eigenvalue weighted by Gasteiger charge is -2.20. The van der Waals surface area contributed by atoms with Crippen LogP contribution >= 0.6 is 15.9 Å². The van der Waals surface area contributed by atoms with Crippen molar-refractivity contribution in [2.45, 2.75) is 19.9 Å². The zero-order chi connectivity index (χ0) is 15.3. The summed E-state index contributed by atoms with van der Waals surface area (Å²) in [5, 5.41) is 13.6. The van der Waals surface area contributed by atoms with E-state index in [-0.39, 0.29) is 17.2 Å². The van der Waals surface area contributed by atoms with Crippen molar-refractivity contribution in [3.05, 3.63) is 38.3 Å². The van der Waals surface area contributed by atoms with Crippen molar-refractivity contribution in [2.24, 2.45) is 0 Å². The molecule has 0 spiro atoms. The minimum absolute atomic E-state index is 0.114. The second-order valence-corrected chi connectivity index (χ2v) is 5.61. The van der Waals surface area contributed by atoms with Crippen molar-refractivity contribution in [3.63, 3.8) is 0 Å². The number of nitrogens with zero attached hydrogens (tertiary/aromatic N) is 2. The summed E-state index contributed by atoms with van der Waals surface area (Å²) in [5.41, 5.74) is 0.170. The number of amides is 1. The Morgan fingerprint density at radius 1 is 1.50 bits per heavy atom. The topological polar surface area (TPSA) is 75.5 Å². The van der Waals surface area contributed by atoms with Gasteiger partial charge in [-0.25, -0.2) is 0 Å². The van der Waals surface area contributed by atoms with E-state index in [0.717, 1.165) is 6.54 Å². The van der Waals surface area contributed by atoms with Crippen LogP contribution in [0.3, 0.4) is 0 Å². The zero-order valence-corrected chi connectivity index (χ0v) is 13.3. The second kappa shape index (κ2) is 7.35. The van der Waals surface area contributed by atoms with Crippen LogP contribution in [0.5, 0.6) is 0 Å². The number of carbonyl (C=O) groups is 1. The average molecular weight is 344 g/mol. The molecule has 0 bridgehead atoms. The molecule has 0 aliphatic carbocycles. The molecular weight excluding hydrogens is 326 g/mol. The third kappa shape index (κ3) is 4.57. The maximum atomic E-state index is 11.9. The lowest BCUT2D eigenvalue weighted by Crippen LogP contribution is -2.36. The molecule has 0 saturated carbocycles. The molecular formula is C13H18BrN3O3. The number of halogens is 1. The first-order chi connectivity index (χ1) is 9.32. The molecule has 1 aromatic rings. The molecule has 1 amide bonds. The lowest BCUT2D eigenvalue weighted by molar-refractivity contribution is -0.385. The Labute approximate surface area is 126 Å². The second-order valence-electron chi connectivity index (χ2n) is 4.75. The van der Waals surface area contributed by atoms with Gasteiger partial charge in [-0.15, -0.1) is 0 Å². The van der Waals surface area contributed by atoms with Gasteiger partial charge in [-0.3, -0.25) is 14.9 Å². The van der Waals surface area contributed by atoms with Crippen molar-refractivity contribution >= 4 is 27.5 Å². The molecule has 0 heterocycles. The molecule has 1 aromatic carbocycles. The smallest absolute Gasteiger partial charge is 0.284 e. The molecule has 0 fully saturated rings. The quantitative estimate of drug-likeness (QED) is 0.635. The molecule has 0 aromatic heterocycles. The van der Waals surface area contributed by atoms with Gasteiger partial charge in [0.25, 0.3) is 11.6 Å². The van der Waals surface area contributed by atoms with Gasteiger partial charge in [0, 0.05) is 30.8 Å². The van der Waals surface area contributed by atoms with E-state index < -0.39 is 4.92 Å². The van der Waals surface area contributed by atoms with Gasteiger partial charge in [0.1, 0.15) is 0 Å². The Hall–Kier alpha value is -1.47. The summed E-state index contributed by atoms with van der Waals surface area (Å²) >= 11 is 3.09. The van der Waals surface area contributed by atoms with Gasteiger partial charge in [-0.2, -0.15) is 0 Å². The van der Waals surface area contributed by atoms with Gasteiger partial charge in [-0.05, 0) is 49.0 Å². The Balaban J connectivity index is 2.64. The van der Waals surface area contributed by atoms with Crippen molar-refractivity contribution in [1.29, 1.82) is 0 Å². The van der Waals surface area contributed by atoms with Crippen molar-refractivity contribution in [1.82, 2.24) is 10.2 Å². The highest BCUT2D eigenvalue weighted by atomic mass is 79.9. The predicted molar refractivity (Wildman–Crippen MR) is 80.9 cm³/mol. The monoisotopic (exact) mass is 343 g/mol. The van der Waals surface area contributed by atoms with Crippen molar-refractivity contribution < 1.29 is 9.72 Å². The third-order valence-corrected chi connectivity index (χ3v) is 3.71. The van der Waals surface area contributed by atoms with Crippen LogP contribution in [0.4, 0.5) is 5.69 Å². The average Bonchev–Trinajstić information content (AvgIpc) is 2.38. The molecule has 0 aliphatic heterocycles. The fraction of sp³-hybridized carbons (Fsp3) is 0.462. The molecule has 0 saturated heterocycles. The normalized spacial score (nSPS) is 10.9. The highest BCUT2D eigenvalue weighted by molar-refractivity contribution is 9.10. The van der Waals surface area contributed by atoms with Crippen molar-refractivity contribution in [3.8, 4) is 0 Å². The largest absolute Gasteiger partial charge is 0.351 e. The van der Waals surface area contributed by atoms with Crippen LogP contribution in [-0.2, 0) is 0 Å². The van der Waals surface area contributed by atoms with E-state index in [1.807, 2.05) is 7.05 Å². The van der Waals surface area contributed by atoms with Crippen LogP contribution in [0.2, 0.25) is 0 Å². The van der Waals surface area contributed by atoms with Crippen LogP contribution in [-0.4, -0.2) is 41.9 Å². The molecule has 0 unspecified atom stereocenters. The molecule has 0 aliphatic rings. The number of nitrogens with one attached hydrogen (secondary N) is 1. The summed E-state index contributed by atoms with van der Waals surface area (Å²) in [4.78, 5) is 24.3. The first kappa shape index (κ1) is 16.6. The summed E-state index contributed by atoms with van der Waals surface area (Å²) in [7, 11) is 1.97. The van der Waals surface area contributed by atoms with Crippen LogP contribution in [0.15, 0.2) is 22.7 Å². The van der Waals surface area contributed by atoms with E-state index in [1.54, 1.807) is 6.07 Å². The van der Waals surface area contributed by atoms with Gasteiger partial charge in [0.15, 0.2) is 0 Å². The number of benzene rings is 1. The van der Waals surface area contributed by atoms with Crippen LogP contribution in [0.1, 0.15) is 24.2 Å². The summed E-state index contributed by atoms with van der Waals surface area (Å²) in [6, 6.07) is 4.73. The number of likely N-dealkylation sites (N-methyl/N-ethyl adjacent to an activating group) is 1.